The molecule has 0 heterocycles. The van der Waals surface area contributed by atoms with Crippen molar-refractivity contribution in [2.75, 3.05) is 19.8 Å². The average molecular weight is 238 g/mol. The molecule has 0 rings (SSSR count). The summed E-state index contributed by atoms with van der Waals surface area (Å²) in [4.78, 5) is 0. The minimum atomic E-state index is -3.28. The van der Waals surface area contributed by atoms with Gasteiger partial charge in [-0.1, -0.05) is 13.8 Å². The topological polar surface area (TPSA) is 44.8 Å². The van der Waals surface area contributed by atoms with Crippen molar-refractivity contribution in [2.24, 2.45) is 5.92 Å². The van der Waals surface area contributed by atoms with Crippen LogP contribution in [0, 0.1) is 5.92 Å². The lowest BCUT2D eigenvalue weighted by Gasteiger charge is -2.16. The molecule has 0 saturated carbocycles. The molecule has 0 aliphatic rings. The molecule has 0 aromatic carbocycles. The van der Waals surface area contributed by atoms with Gasteiger partial charge < -0.3 is 0 Å². The van der Waals surface area contributed by atoms with E-state index in [4.69, 9.17) is 13.6 Å². The van der Waals surface area contributed by atoms with Gasteiger partial charge in [0.15, 0.2) is 0 Å². The Labute approximate surface area is 92.9 Å². The Hall–Kier alpha value is 0.110. The first-order chi connectivity index (χ1) is 7.04. The van der Waals surface area contributed by atoms with Gasteiger partial charge in [0.2, 0.25) is 0 Å². The van der Waals surface area contributed by atoms with Gasteiger partial charge in [0.05, 0.1) is 19.8 Å². The summed E-state index contributed by atoms with van der Waals surface area (Å²) in [5, 5.41) is 0. The van der Waals surface area contributed by atoms with E-state index in [2.05, 4.69) is 13.8 Å². The second-order valence-corrected chi connectivity index (χ2v) is 5.32. The lowest BCUT2D eigenvalue weighted by molar-refractivity contribution is 0.119. The molecule has 92 valence electrons. The first-order valence-electron chi connectivity index (χ1n) is 5.57. The maximum atomic E-state index is 11.8. The molecule has 5 heteroatoms. The maximum Gasteiger partial charge on any atom is 0.474 e. The van der Waals surface area contributed by atoms with Gasteiger partial charge in [-0.2, -0.15) is 0 Å². The van der Waals surface area contributed by atoms with E-state index in [9.17, 15) is 4.57 Å². The van der Waals surface area contributed by atoms with Gasteiger partial charge in [0.1, 0.15) is 0 Å². The highest BCUT2D eigenvalue weighted by Gasteiger charge is 2.24. The number of phosphoric ester groups is 1. The standard InChI is InChI=1S/C10H23O4P/c1-5-12-15(11,13-6-2)14-9-7-8-10(3)4/h10H,5-9H2,1-4H3. The van der Waals surface area contributed by atoms with Gasteiger partial charge in [-0.25, -0.2) is 4.57 Å². The molecule has 0 bridgehead atoms. The molecule has 0 spiro atoms. The van der Waals surface area contributed by atoms with Crippen LogP contribution in [-0.4, -0.2) is 19.8 Å². The van der Waals surface area contributed by atoms with Gasteiger partial charge in [-0.15, -0.1) is 0 Å². The molecule has 0 atom stereocenters. The van der Waals surface area contributed by atoms with Crippen LogP contribution in [0.1, 0.15) is 40.5 Å². The van der Waals surface area contributed by atoms with Crippen LogP contribution in [-0.2, 0) is 18.1 Å². The third kappa shape index (κ3) is 7.97. The molecular formula is C10H23O4P. The van der Waals surface area contributed by atoms with Crippen molar-refractivity contribution in [1.82, 2.24) is 0 Å². The van der Waals surface area contributed by atoms with Gasteiger partial charge in [-0.05, 0) is 32.6 Å². The third-order valence-electron chi connectivity index (χ3n) is 1.75. The SMILES string of the molecule is CCOP(=O)(OCC)OCCCC(C)C. The summed E-state index contributed by atoms with van der Waals surface area (Å²) >= 11 is 0. The molecule has 0 aliphatic carbocycles. The Bertz CT molecular complexity index is 184. The van der Waals surface area contributed by atoms with Crippen LogP contribution in [0.2, 0.25) is 0 Å². The zero-order chi connectivity index (χ0) is 11.7. The van der Waals surface area contributed by atoms with E-state index in [0.29, 0.717) is 25.7 Å². The van der Waals surface area contributed by atoms with E-state index < -0.39 is 7.82 Å². The van der Waals surface area contributed by atoms with Crippen molar-refractivity contribution in [2.45, 2.75) is 40.5 Å². The van der Waals surface area contributed by atoms with E-state index in [1.165, 1.54) is 0 Å². The zero-order valence-corrected chi connectivity index (χ0v) is 11.1. The quantitative estimate of drug-likeness (QED) is 0.454. The zero-order valence-electron chi connectivity index (χ0n) is 10.2. The van der Waals surface area contributed by atoms with Crippen LogP contribution in [0.5, 0.6) is 0 Å². The van der Waals surface area contributed by atoms with Crippen LogP contribution in [0.15, 0.2) is 0 Å². The molecule has 0 aromatic rings. The molecule has 0 aliphatic heterocycles. The van der Waals surface area contributed by atoms with Crippen LogP contribution in [0.3, 0.4) is 0 Å². The number of phosphoric acid groups is 1. The normalized spacial score (nSPS) is 12.3. The van der Waals surface area contributed by atoms with Crippen molar-refractivity contribution >= 4 is 7.82 Å². The molecule has 0 N–H and O–H groups in total. The molecule has 0 amide bonds. The predicted molar refractivity (Wildman–Crippen MR) is 60.9 cm³/mol. The minimum Gasteiger partial charge on any atom is -0.287 e. The molecule has 0 unspecified atom stereocenters. The summed E-state index contributed by atoms with van der Waals surface area (Å²) in [6, 6.07) is 0. The smallest absolute Gasteiger partial charge is 0.287 e. The Balaban J connectivity index is 3.80. The van der Waals surface area contributed by atoms with Gasteiger partial charge in [0, 0.05) is 0 Å². The van der Waals surface area contributed by atoms with E-state index >= 15 is 0 Å². The highest BCUT2D eigenvalue weighted by Crippen LogP contribution is 2.49. The van der Waals surface area contributed by atoms with Crippen molar-refractivity contribution in [3.8, 4) is 0 Å². The molecular weight excluding hydrogens is 215 g/mol. The molecule has 15 heavy (non-hydrogen) atoms. The second kappa shape index (κ2) is 8.28. The fraction of sp³-hybridized carbons (Fsp3) is 1.00. The van der Waals surface area contributed by atoms with E-state index in [1.54, 1.807) is 13.8 Å². The molecule has 0 radical (unpaired) electrons. The highest BCUT2D eigenvalue weighted by atomic mass is 31.2. The van der Waals surface area contributed by atoms with Gasteiger partial charge >= 0.3 is 7.82 Å². The maximum absolute atomic E-state index is 11.8. The molecule has 0 aromatic heterocycles. The van der Waals surface area contributed by atoms with Crippen LogP contribution in [0.4, 0.5) is 0 Å². The van der Waals surface area contributed by atoms with Crippen LogP contribution >= 0.6 is 7.82 Å². The molecule has 0 saturated heterocycles. The lowest BCUT2D eigenvalue weighted by Crippen LogP contribution is -2.02. The Morgan fingerprint density at radius 3 is 2.00 bits per heavy atom. The first kappa shape index (κ1) is 15.1. The Morgan fingerprint density at radius 2 is 1.60 bits per heavy atom. The van der Waals surface area contributed by atoms with Crippen molar-refractivity contribution in [3.05, 3.63) is 0 Å². The average Bonchev–Trinajstić information content (AvgIpc) is 2.13. The van der Waals surface area contributed by atoms with E-state index in [0.717, 1.165) is 12.8 Å². The highest BCUT2D eigenvalue weighted by molar-refractivity contribution is 7.48. The largest absolute Gasteiger partial charge is 0.474 e. The summed E-state index contributed by atoms with van der Waals surface area (Å²) < 4.78 is 26.9. The number of hydrogen-bond donors (Lipinski definition) is 0. The third-order valence-corrected chi connectivity index (χ3v) is 3.40. The predicted octanol–water partition coefficient (Wildman–Crippen LogP) is 3.62. The van der Waals surface area contributed by atoms with E-state index in [-0.39, 0.29) is 0 Å². The number of rotatable bonds is 9. The Morgan fingerprint density at radius 1 is 1.07 bits per heavy atom. The lowest BCUT2D eigenvalue weighted by atomic mass is 10.1. The summed E-state index contributed by atoms with van der Waals surface area (Å²) in [6.45, 7) is 8.92. The van der Waals surface area contributed by atoms with Crippen LogP contribution < -0.4 is 0 Å². The fourth-order valence-corrected chi connectivity index (χ4v) is 2.30. The fourth-order valence-electron chi connectivity index (χ4n) is 1.10. The Kier molecular flexibility index (Phi) is 8.34. The summed E-state index contributed by atoms with van der Waals surface area (Å²) in [5.74, 6) is 0.632. The van der Waals surface area contributed by atoms with Gasteiger partial charge in [0.25, 0.3) is 0 Å². The summed E-state index contributed by atoms with van der Waals surface area (Å²) in [7, 11) is -3.28. The van der Waals surface area contributed by atoms with Crippen LogP contribution in [0.25, 0.3) is 0 Å². The first-order valence-corrected chi connectivity index (χ1v) is 7.03. The van der Waals surface area contributed by atoms with Crippen molar-refractivity contribution in [1.29, 1.82) is 0 Å². The number of hydrogen-bond acceptors (Lipinski definition) is 4. The van der Waals surface area contributed by atoms with Gasteiger partial charge in [-0.3, -0.25) is 13.6 Å². The molecule has 4 nitrogen and oxygen atoms in total. The summed E-state index contributed by atoms with van der Waals surface area (Å²) in [5.41, 5.74) is 0. The van der Waals surface area contributed by atoms with Crippen molar-refractivity contribution in [3.63, 3.8) is 0 Å². The minimum absolute atomic E-state index is 0.335. The monoisotopic (exact) mass is 238 g/mol. The van der Waals surface area contributed by atoms with Crippen molar-refractivity contribution < 1.29 is 18.1 Å². The summed E-state index contributed by atoms with van der Waals surface area (Å²) in [6.07, 6.45) is 1.93. The molecule has 0 fully saturated rings. The van der Waals surface area contributed by atoms with E-state index in [1.807, 2.05) is 0 Å². The second-order valence-electron chi connectivity index (χ2n) is 3.65.